The first-order valence-corrected chi connectivity index (χ1v) is 13.5. The number of benzene rings is 1. The van der Waals surface area contributed by atoms with Gasteiger partial charge in [-0.1, -0.05) is 30.7 Å². The molecule has 0 aromatic heterocycles. The molecule has 0 heterocycles. The van der Waals surface area contributed by atoms with Gasteiger partial charge in [-0.2, -0.15) is 0 Å². The number of nitrogens with zero attached hydrogens (tertiary/aromatic N) is 2. The molecule has 0 saturated heterocycles. The van der Waals surface area contributed by atoms with Crippen LogP contribution in [-0.2, 0) is 39.9 Å². The van der Waals surface area contributed by atoms with Crippen LogP contribution in [0.4, 0.5) is 5.69 Å². The normalized spacial score (nSPS) is 9.86. The average molecular weight is 731 g/mol. The van der Waals surface area contributed by atoms with Crippen molar-refractivity contribution in [2.24, 2.45) is 0 Å². The van der Waals surface area contributed by atoms with Crippen LogP contribution in [0.25, 0.3) is 10.6 Å². The first kappa shape index (κ1) is 43.9. The van der Waals surface area contributed by atoms with Gasteiger partial charge in [0.2, 0.25) is 17.7 Å². The fourth-order valence-electron chi connectivity index (χ4n) is 3.41. The standard InChI is InChI=1S/C28H43N5O7.2Rb/c1-21(34)7-4-3-5-14-30-25(36)8-6-17-40-18-16-32-27(38)20-28(39)33-23-11-9-22(10-12-23)19-26(37)31-15-13-24(35)29-2;;/h9-12H,3-8,13-20H2,1-2H3,(H5,29,30,31,32,33,35,36,37,38,39);;/q;2*+1/p-2. The summed E-state index contributed by atoms with van der Waals surface area (Å²) in [5.41, 5.74) is 1.08. The van der Waals surface area contributed by atoms with Crippen LogP contribution in [0.2, 0.25) is 0 Å². The number of ketones is 1. The third kappa shape index (κ3) is 25.2. The quantitative estimate of drug-likeness (QED) is 0.0865. The van der Waals surface area contributed by atoms with Gasteiger partial charge in [-0.3, -0.25) is 14.4 Å². The first-order chi connectivity index (χ1) is 19.2. The molecule has 1 aromatic carbocycles. The van der Waals surface area contributed by atoms with Crippen molar-refractivity contribution >= 4 is 41.0 Å². The van der Waals surface area contributed by atoms with Gasteiger partial charge in [0.25, 0.3) is 0 Å². The minimum atomic E-state index is -0.626. The number of Topliss-reactive ketones (excluding diaryl/α,β-unsaturated/α-hetero) is 1. The third-order valence-electron chi connectivity index (χ3n) is 5.55. The van der Waals surface area contributed by atoms with Crippen molar-refractivity contribution in [3.05, 3.63) is 40.5 Å². The van der Waals surface area contributed by atoms with Crippen LogP contribution < -0.4 is 132 Å². The SMILES string of the molecule is CNC(=O)CCNC(=O)Cc1ccc([N-]C(=O)CC(=O)[N-]CCOCCCC(=O)NCCCCCC(C)=O)cc1.[Rb+].[Rb+]. The van der Waals surface area contributed by atoms with Crippen molar-refractivity contribution < 1.29 is 150 Å². The molecule has 0 aliphatic rings. The van der Waals surface area contributed by atoms with Crippen LogP contribution in [-0.4, -0.2) is 75.2 Å². The van der Waals surface area contributed by atoms with Crippen LogP contribution in [0.5, 0.6) is 0 Å². The molecule has 1 aromatic rings. The maximum absolute atomic E-state index is 12.0. The van der Waals surface area contributed by atoms with Gasteiger partial charge in [0.1, 0.15) is 5.78 Å². The Balaban J connectivity index is 0. The second-order valence-electron chi connectivity index (χ2n) is 9.15. The van der Waals surface area contributed by atoms with E-state index >= 15 is 0 Å². The average Bonchev–Trinajstić information content (AvgIpc) is 2.90. The molecule has 0 aliphatic carbocycles. The predicted octanol–water partition coefficient (Wildman–Crippen LogP) is -3.63. The number of ether oxygens (including phenoxy) is 1. The smallest absolute Gasteiger partial charge is 0.651 e. The summed E-state index contributed by atoms with van der Waals surface area (Å²) in [5.74, 6) is -1.47. The van der Waals surface area contributed by atoms with Crippen molar-refractivity contribution in [2.75, 3.05) is 39.9 Å². The monoisotopic (exact) mass is 729 g/mol. The van der Waals surface area contributed by atoms with E-state index in [0.717, 1.165) is 19.3 Å². The fraction of sp³-hybridized carbons (Fsp3) is 0.571. The number of hydrogen-bond donors (Lipinski definition) is 3. The first-order valence-electron chi connectivity index (χ1n) is 13.5. The van der Waals surface area contributed by atoms with E-state index < -0.39 is 18.2 Å². The maximum Gasteiger partial charge on any atom is 1.00 e. The van der Waals surface area contributed by atoms with E-state index in [1.54, 1.807) is 31.2 Å². The van der Waals surface area contributed by atoms with Crippen molar-refractivity contribution in [1.29, 1.82) is 0 Å². The molecule has 1 rings (SSSR count). The molecule has 0 bridgehead atoms. The zero-order chi connectivity index (χ0) is 29.6. The molecule has 5 amide bonds. The van der Waals surface area contributed by atoms with E-state index in [1.165, 1.54) is 7.05 Å². The maximum atomic E-state index is 12.0. The summed E-state index contributed by atoms with van der Waals surface area (Å²) >= 11 is 0. The molecule has 222 valence electrons. The van der Waals surface area contributed by atoms with E-state index in [0.29, 0.717) is 43.7 Å². The van der Waals surface area contributed by atoms with Gasteiger partial charge >= 0.3 is 116 Å². The topological polar surface area (TPSA) is 176 Å². The van der Waals surface area contributed by atoms with E-state index in [4.69, 9.17) is 4.74 Å². The Hall–Kier alpha value is -0.190. The second-order valence-corrected chi connectivity index (χ2v) is 9.15. The number of unbranched alkanes of at least 4 members (excludes halogenated alkanes) is 2. The summed E-state index contributed by atoms with van der Waals surface area (Å²) in [6.45, 7) is 3.09. The zero-order valence-corrected chi connectivity index (χ0v) is 35.3. The molecule has 0 saturated carbocycles. The summed E-state index contributed by atoms with van der Waals surface area (Å²) in [7, 11) is 1.53. The number of amides is 5. The van der Waals surface area contributed by atoms with Crippen LogP contribution in [0.3, 0.4) is 0 Å². The Morgan fingerprint density at radius 2 is 1.43 bits per heavy atom. The largest absolute Gasteiger partial charge is 1.00 e. The Morgan fingerprint density at radius 3 is 2.10 bits per heavy atom. The van der Waals surface area contributed by atoms with E-state index in [2.05, 4.69) is 26.6 Å². The minimum Gasteiger partial charge on any atom is -0.651 e. The molecule has 0 fully saturated rings. The molecule has 0 radical (unpaired) electrons. The molecular weight excluding hydrogens is 689 g/mol. The van der Waals surface area contributed by atoms with E-state index in [9.17, 15) is 28.8 Å². The molecule has 0 unspecified atom stereocenters. The molecule has 3 N–H and O–H groups in total. The second kappa shape index (κ2) is 28.3. The van der Waals surface area contributed by atoms with Crippen LogP contribution in [0, 0.1) is 0 Å². The van der Waals surface area contributed by atoms with Crippen molar-refractivity contribution in [2.45, 2.75) is 64.7 Å². The number of nitrogens with one attached hydrogen (secondary N) is 3. The summed E-state index contributed by atoms with van der Waals surface area (Å²) in [6, 6.07) is 6.49. The van der Waals surface area contributed by atoms with Crippen LogP contribution >= 0.6 is 0 Å². The molecule has 0 spiro atoms. The number of rotatable bonds is 21. The molecule has 0 atom stereocenters. The van der Waals surface area contributed by atoms with Crippen molar-refractivity contribution in [3.63, 3.8) is 0 Å². The van der Waals surface area contributed by atoms with Gasteiger partial charge in [-0.25, -0.2) is 0 Å². The van der Waals surface area contributed by atoms with Gasteiger partial charge in [0.05, 0.1) is 18.2 Å². The van der Waals surface area contributed by atoms with Gasteiger partial charge in [-0.05, 0) is 31.7 Å². The van der Waals surface area contributed by atoms with Gasteiger partial charge < -0.3 is 45.7 Å². The Morgan fingerprint density at radius 1 is 0.738 bits per heavy atom. The van der Waals surface area contributed by atoms with E-state index in [-0.39, 0.29) is 172 Å². The molecule has 42 heavy (non-hydrogen) atoms. The Kier molecular flexibility index (Phi) is 29.6. The third-order valence-corrected chi connectivity index (χ3v) is 5.55. The predicted molar refractivity (Wildman–Crippen MR) is 150 cm³/mol. The molecule has 12 nitrogen and oxygen atoms in total. The number of carbonyl (C=O) groups is 6. The minimum absolute atomic E-state index is 0. The molecule has 14 heteroatoms. The van der Waals surface area contributed by atoms with Gasteiger partial charge in [0.15, 0.2) is 0 Å². The van der Waals surface area contributed by atoms with Crippen LogP contribution in [0.15, 0.2) is 24.3 Å². The number of hydrogen-bond acceptors (Lipinski definition) is 7. The number of carbonyl (C=O) groups excluding carboxylic acids is 6. The van der Waals surface area contributed by atoms with Crippen LogP contribution in [0.1, 0.15) is 63.9 Å². The van der Waals surface area contributed by atoms with E-state index in [1.807, 2.05) is 0 Å². The summed E-state index contributed by atoms with van der Waals surface area (Å²) in [6.07, 6.45) is 3.93. The van der Waals surface area contributed by atoms with Gasteiger partial charge in [0, 0.05) is 59.0 Å². The summed E-state index contributed by atoms with van der Waals surface area (Å²) in [4.78, 5) is 69.7. The molecule has 0 aliphatic heterocycles. The Bertz CT molecular complexity index is 978. The zero-order valence-electron chi connectivity index (χ0n) is 25.5. The van der Waals surface area contributed by atoms with Crippen molar-refractivity contribution in [1.82, 2.24) is 16.0 Å². The van der Waals surface area contributed by atoms with Gasteiger partial charge in [-0.15, -0.1) is 12.2 Å². The molecular formula is C28H41N5O7Rb2. The Labute approximate surface area is 346 Å². The fourth-order valence-corrected chi connectivity index (χ4v) is 3.41. The summed E-state index contributed by atoms with van der Waals surface area (Å²) < 4.78 is 5.38. The summed E-state index contributed by atoms with van der Waals surface area (Å²) in [5, 5.41) is 15.6. The van der Waals surface area contributed by atoms with Crippen molar-refractivity contribution in [3.8, 4) is 0 Å².